The van der Waals surface area contributed by atoms with Crippen LogP contribution in [-0.4, -0.2) is 84.0 Å². The maximum Gasteiger partial charge on any atom is 0.263 e. The Hall–Kier alpha value is -2.29. The molecule has 2 aliphatic rings. The lowest BCUT2D eigenvalue weighted by Crippen LogP contribution is -2.41. The number of aliphatic hydroxyl groups is 1. The van der Waals surface area contributed by atoms with Crippen molar-refractivity contribution in [3.05, 3.63) is 45.1 Å². The summed E-state index contributed by atoms with van der Waals surface area (Å²) in [5, 5.41) is 11.0. The molecule has 3 amide bonds. The number of aliphatic hydroxyl groups excluding tert-OH is 1. The van der Waals surface area contributed by atoms with Crippen LogP contribution in [0, 0.1) is 0 Å². The van der Waals surface area contributed by atoms with Gasteiger partial charge in [0.1, 0.15) is 11.3 Å². The Labute approximate surface area is 190 Å². The third-order valence-electron chi connectivity index (χ3n) is 5.28. The van der Waals surface area contributed by atoms with Gasteiger partial charge in [-0.05, 0) is 24.1 Å². The molecule has 0 aliphatic carbocycles. The first-order valence-corrected chi connectivity index (χ1v) is 10.8. The fourth-order valence-corrected chi connectivity index (χ4v) is 3.90. The second kappa shape index (κ2) is 10.3. The molecule has 1 fully saturated rings. The van der Waals surface area contributed by atoms with E-state index in [1.807, 2.05) is 0 Å². The predicted octanol–water partition coefficient (Wildman–Crippen LogP) is 2.25. The van der Waals surface area contributed by atoms with Gasteiger partial charge in [-0.3, -0.25) is 14.4 Å². The van der Waals surface area contributed by atoms with Gasteiger partial charge in [-0.15, -0.1) is 0 Å². The molecule has 0 radical (unpaired) electrons. The maximum absolute atomic E-state index is 12.8. The van der Waals surface area contributed by atoms with Gasteiger partial charge in [-0.1, -0.05) is 29.3 Å². The minimum Gasteiger partial charge on any atom is -0.509 e. The summed E-state index contributed by atoms with van der Waals surface area (Å²) < 4.78 is 5.24. The van der Waals surface area contributed by atoms with Crippen molar-refractivity contribution >= 4 is 40.9 Å². The minimum atomic E-state index is -0.569. The molecule has 3 rings (SSSR count). The van der Waals surface area contributed by atoms with E-state index in [-0.39, 0.29) is 36.9 Å². The number of halogens is 2. The van der Waals surface area contributed by atoms with Gasteiger partial charge in [0.25, 0.3) is 11.8 Å². The Morgan fingerprint density at radius 3 is 2.58 bits per heavy atom. The Morgan fingerprint density at radius 1 is 1.19 bits per heavy atom. The van der Waals surface area contributed by atoms with E-state index in [2.05, 4.69) is 0 Å². The van der Waals surface area contributed by atoms with Gasteiger partial charge in [0, 0.05) is 39.6 Å². The summed E-state index contributed by atoms with van der Waals surface area (Å²) in [6, 6.07) is 5.02. The van der Waals surface area contributed by atoms with Crippen LogP contribution in [0.3, 0.4) is 0 Å². The Kier molecular flexibility index (Phi) is 7.80. The lowest BCUT2D eigenvalue weighted by molar-refractivity contribution is -0.136. The highest BCUT2D eigenvalue weighted by Gasteiger charge is 2.36. The minimum absolute atomic E-state index is 0.0183. The van der Waals surface area contributed by atoms with E-state index in [0.29, 0.717) is 49.2 Å². The molecule has 1 saturated heterocycles. The smallest absolute Gasteiger partial charge is 0.263 e. The fraction of sp³-hybridized carbons (Fsp3) is 0.476. The van der Waals surface area contributed by atoms with Crippen LogP contribution in [0.25, 0.3) is 0 Å². The Bertz CT molecular complexity index is 899. The zero-order chi connectivity index (χ0) is 22.5. The van der Waals surface area contributed by atoms with Gasteiger partial charge >= 0.3 is 0 Å². The zero-order valence-electron chi connectivity index (χ0n) is 17.3. The van der Waals surface area contributed by atoms with Gasteiger partial charge in [0.2, 0.25) is 5.91 Å². The van der Waals surface area contributed by atoms with Crippen molar-refractivity contribution in [2.75, 3.05) is 46.4 Å². The van der Waals surface area contributed by atoms with Crippen molar-refractivity contribution in [3.63, 3.8) is 0 Å². The van der Waals surface area contributed by atoms with Gasteiger partial charge in [0.05, 0.1) is 29.8 Å². The van der Waals surface area contributed by atoms with E-state index in [0.717, 1.165) is 5.56 Å². The van der Waals surface area contributed by atoms with Crippen LogP contribution in [0.1, 0.15) is 18.4 Å². The standard InChI is InChI=1S/C21H25Cl2N3O5/c1-24(12-14-4-5-15(22)16(23)11-14)20(29)19-17(27)13-26(21(19)30)6-2-3-18(28)25-7-9-31-10-8-25/h4-5,11,27H,2-3,6-10,12-13H2,1H3. The van der Waals surface area contributed by atoms with Crippen molar-refractivity contribution in [2.45, 2.75) is 19.4 Å². The van der Waals surface area contributed by atoms with E-state index in [1.165, 1.54) is 9.80 Å². The van der Waals surface area contributed by atoms with Crippen molar-refractivity contribution in [3.8, 4) is 0 Å². The van der Waals surface area contributed by atoms with E-state index < -0.39 is 11.8 Å². The van der Waals surface area contributed by atoms with Crippen molar-refractivity contribution < 1.29 is 24.2 Å². The Morgan fingerprint density at radius 2 is 1.90 bits per heavy atom. The second-order valence-electron chi connectivity index (χ2n) is 7.55. The van der Waals surface area contributed by atoms with Crippen LogP contribution in [0.5, 0.6) is 0 Å². The molecule has 2 aliphatic heterocycles. The molecule has 0 spiro atoms. The summed E-state index contributed by atoms with van der Waals surface area (Å²) in [5.74, 6) is -1.33. The number of benzene rings is 1. The van der Waals surface area contributed by atoms with Crippen LogP contribution in [0.4, 0.5) is 0 Å². The average Bonchev–Trinajstić information content (AvgIpc) is 3.03. The average molecular weight is 470 g/mol. The number of amides is 3. The molecule has 0 bridgehead atoms. The first kappa shape index (κ1) is 23.4. The third kappa shape index (κ3) is 5.70. The molecule has 31 heavy (non-hydrogen) atoms. The number of likely N-dealkylation sites (N-methyl/N-ethyl adjacent to an activating group) is 1. The van der Waals surface area contributed by atoms with Crippen LogP contribution >= 0.6 is 23.2 Å². The molecule has 1 aromatic carbocycles. The van der Waals surface area contributed by atoms with Gasteiger partial charge in [-0.25, -0.2) is 0 Å². The maximum atomic E-state index is 12.8. The SMILES string of the molecule is CN(Cc1ccc(Cl)c(Cl)c1)C(=O)C1=C(O)CN(CCCC(=O)N2CCOCC2)C1=O. The largest absolute Gasteiger partial charge is 0.509 e. The summed E-state index contributed by atoms with van der Waals surface area (Å²) in [6.45, 7) is 2.68. The number of morpholine rings is 1. The molecule has 0 atom stereocenters. The Balaban J connectivity index is 1.52. The molecule has 10 heteroatoms. The number of carbonyl (C=O) groups is 3. The van der Waals surface area contributed by atoms with Gasteiger partial charge in [0.15, 0.2) is 0 Å². The topological polar surface area (TPSA) is 90.4 Å². The van der Waals surface area contributed by atoms with Crippen molar-refractivity contribution in [2.24, 2.45) is 0 Å². The molecule has 0 aromatic heterocycles. The zero-order valence-corrected chi connectivity index (χ0v) is 18.8. The summed E-state index contributed by atoms with van der Waals surface area (Å²) in [7, 11) is 1.54. The predicted molar refractivity (Wildman–Crippen MR) is 116 cm³/mol. The first-order valence-electron chi connectivity index (χ1n) is 10.0. The normalized spacial score (nSPS) is 16.8. The van der Waals surface area contributed by atoms with Crippen molar-refractivity contribution in [1.82, 2.24) is 14.7 Å². The molecule has 2 heterocycles. The number of rotatable bonds is 7. The lowest BCUT2D eigenvalue weighted by atomic mass is 10.1. The monoisotopic (exact) mass is 469 g/mol. The van der Waals surface area contributed by atoms with Crippen LogP contribution in [0.15, 0.2) is 29.5 Å². The second-order valence-corrected chi connectivity index (χ2v) is 8.37. The molecule has 0 unspecified atom stereocenters. The number of carbonyl (C=O) groups excluding carboxylic acids is 3. The van der Waals surface area contributed by atoms with Crippen LogP contribution in [0.2, 0.25) is 10.0 Å². The highest BCUT2D eigenvalue weighted by atomic mass is 35.5. The quantitative estimate of drug-likeness (QED) is 0.618. The van der Waals surface area contributed by atoms with E-state index in [9.17, 15) is 19.5 Å². The number of ether oxygens (including phenoxy) is 1. The van der Waals surface area contributed by atoms with E-state index in [1.54, 1.807) is 30.1 Å². The van der Waals surface area contributed by atoms with Crippen molar-refractivity contribution in [1.29, 1.82) is 0 Å². The molecule has 1 aromatic rings. The summed E-state index contributed by atoms with van der Waals surface area (Å²) >= 11 is 11.9. The third-order valence-corrected chi connectivity index (χ3v) is 6.02. The summed E-state index contributed by atoms with van der Waals surface area (Å²) in [6.07, 6.45) is 0.751. The molecule has 1 N–H and O–H groups in total. The molecule has 8 nitrogen and oxygen atoms in total. The van der Waals surface area contributed by atoms with Gasteiger partial charge in [-0.2, -0.15) is 0 Å². The number of hydrogen-bond donors (Lipinski definition) is 1. The van der Waals surface area contributed by atoms with Gasteiger partial charge < -0.3 is 24.5 Å². The summed E-state index contributed by atoms with van der Waals surface area (Å²) in [4.78, 5) is 42.2. The highest BCUT2D eigenvalue weighted by Crippen LogP contribution is 2.24. The van der Waals surface area contributed by atoms with Crippen LogP contribution < -0.4 is 0 Å². The highest BCUT2D eigenvalue weighted by molar-refractivity contribution is 6.42. The molecular weight excluding hydrogens is 445 g/mol. The molecular formula is C21H25Cl2N3O5. The van der Waals surface area contributed by atoms with Crippen LogP contribution in [-0.2, 0) is 25.7 Å². The first-order chi connectivity index (χ1) is 14.8. The lowest BCUT2D eigenvalue weighted by Gasteiger charge is -2.27. The van der Waals surface area contributed by atoms with E-state index >= 15 is 0 Å². The summed E-state index contributed by atoms with van der Waals surface area (Å²) in [5.41, 5.74) is 0.510. The number of hydrogen-bond acceptors (Lipinski definition) is 5. The molecule has 0 saturated carbocycles. The molecule has 168 valence electrons. The van der Waals surface area contributed by atoms with E-state index in [4.69, 9.17) is 27.9 Å². The number of nitrogens with zero attached hydrogens (tertiary/aromatic N) is 3. The fourth-order valence-electron chi connectivity index (χ4n) is 3.58.